The molecule has 0 N–H and O–H groups in total. The van der Waals surface area contributed by atoms with Crippen LogP contribution in [0.4, 0.5) is 0 Å². The molecule has 0 radical (unpaired) electrons. The van der Waals surface area contributed by atoms with Gasteiger partial charge < -0.3 is 26.4 Å². The van der Waals surface area contributed by atoms with E-state index in [2.05, 4.69) is 76.6 Å². The zero-order valence-electron chi connectivity index (χ0n) is 31.2. The maximum absolute atomic E-state index is 6.39. The van der Waals surface area contributed by atoms with E-state index in [9.17, 15) is 0 Å². The first kappa shape index (κ1) is 45.1. The van der Waals surface area contributed by atoms with Crippen molar-refractivity contribution in [2.45, 2.75) is 180 Å². The van der Waals surface area contributed by atoms with Crippen LogP contribution >= 0.6 is 0 Å². The molecular weight excluding hydrogens is 586 g/mol. The predicted molar refractivity (Wildman–Crippen MR) is 200 cm³/mol. The molecule has 46 heavy (non-hydrogen) atoms. The average molecular weight is 665 g/mol. The summed E-state index contributed by atoms with van der Waals surface area (Å²) in [6.45, 7) is 8.48. The molecule has 1 aliphatic heterocycles. The van der Waals surface area contributed by atoms with Crippen molar-refractivity contribution in [3.63, 3.8) is 0 Å². The lowest BCUT2D eigenvalue weighted by atomic mass is 10.1. The first-order valence-electron chi connectivity index (χ1n) is 19.7. The molecule has 0 aromatic rings. The number of nitrogens with zero attached hydrogens (tertiary/aromatic N) is 1. The number of likely N-dealkylation sites (tertiary alicyclic amines) is 1. The monoisotopic (exact) mass is 664 g/mol. The van der Waals surface area contributed by atoms with Gasteiger partial charge in [-0.25, -0.2) is 0 Å². The standard InChI is InChI=1S/C42H78NO2.ClH/c1-5-7-9-11-13-15-17-19-21-23-25-27-29-31-33-35-37-44-41-39-43(3,4)40-42(41)45-38-36-34-32-30-28-26-24-22-20-18-16-14-12-10-8-6-2;/h13-16,19-22,41-42H,5-12,17-18,23-40H2,1-4H3;1H/q+1;/p-1/b15-13-,16-14-,21-19-,22-20-;/t41-,42-;/m0./s1. The summed E-state index contributed by atoms with van der Waals surface area (Å²) in [7, 11) is 4.64. The van der Waals surface area contributed by atoms with Gasteiger partial charge in [-0.15, -0.1) is 0 Å². The van der Waals surface area contributed by atoms with Crippen LogP contribution in [0.15, 0.2) is 48.6 Å². The summed E-state index contributed by atoms with van der Waals surface area (Å²) in [5.74, 6) is 0. The molecule has 1 heterocycles. The molecule has 0 aliphatic carbocycles. The van der Waals surface area contributed by atoms with E-state index in [0.717, 1.165) is 43.6 Å². The third kappa shape index (κ3) is 29.3. The van der Waals surface area contributed by atoms with Gasteiger partial charge >= 0.3 is 0 Å². The second kappa shape index (κ2) is 34.0. The lowest BCUT2D eigenvalue weighted by molar-refractivity contribution is -0.880. The predicted octanol–water partition coefficient (Wildman–Crippen LogP) is 9.48. The summed E-state index contributed by atoms with van der Waals surface area (Å²) in [6, 6.07) is 0. The molecule has 0 bridgehead atoms. The number of halogens is 1. The highest BCUT2D eigenvalue weighted by Gasteiger charge is 2.41. The van der Waals surface area contributed by atoms with Crippen LogP contribution in [-0.4, -0.2) is 57.1 Å². The molecule has 3 nitrogen and oxygen atoms in total. The third-order valence-corrected chi connectivity index (χ3v) is 9.12. The summed E-state index contributed by atoms with van der Waals surface area (Å²) in [4.78, 5) is 0. The number of hydrogen-bond acceptors (Lipinski definition) is 2. The Hall–Kier alpha value is -0.870. The number of quaternary nitrogens is 1. The smallest absolute Gasteiger partial charge is 0.138 e. The molecule has 0 unspecified atom stereocenters. The Bertz CT molecular complexity index is 684. The summed E-state index contributed by atoms with van der Waals surface area (Å²) in [6.07, 6.45) is 50.3. The fraction of sp³-hybridized carbons (Fsp3) is 0.810. The second-order valence-electron chi connectivity index (χ2n) is 14.3. The van der Waals surface area contributed by atoms with Crippen molar-refractivity contribution in [1.29, 1.82) is 0 Å². The molecular formula is C42H78ClNO2. The quantitative estimate of drug-likeness (QED) is 0.0406. The summed E-state index contributed by atoms with van der Waals surface area (Å²) < 4.78 is 13.8. The van der Waals surface area contributed by atoms with Crippen molar-refractivity contribution < 1.29 is 26.4 Å². The van der Waals surface area contributed by atoms with Gasteiger partial charge in [0, 0.05) is 13.2 Å². The Morgan fingerprint density at radius 2 is 0.739 bits per heavy atom. The van der Waals surface area contributed by atoms with Gasteiger partial charge in [0.05, 0.1) is 14.1 Å². The molecule has 1 saturated heterocycles. The minimum absolute atomic E-state index is 0. The average Bonchev–Trinajstić information content (AvgIpc) is 3.32. The molecule has 2 atom stereocenters. The molecule has 1 aliphatic rings. The fourth-order valence-electron chi connectivity index (χ4n) is 6.25. The molecule has 270 valence electrons. The van der Waals surface area contributed by atoms with E-state index in [1.807, 2.05) is 0 Å². The number of hydrogen-bond donors (Lipinski definition) is 0. The lowest BCUT2D eigenvalue weighted by Crippen LogP contribution is -3.00. The Labute approximate surface area is 294 Å². The van der Waals surface area contributed by atoms with Gasteiger partial charge in [0.1, 0.15) is 25.3 Å². The van der Waals surface area contributed by atoms with Crippen LogP contribution in [0.3, 0.4) is 0 Å². The van der Waals surface area contributed by atoms with Crippen molar-refractivity contribution in [3.05, 3.63) is 48.6 Å². The van der Waals surface area contributed by atoms with E-state index < -0.39 is 0 Å². The van der Waals surface area contributed by atoms with Crippen LogP contribution in [-0.2, 0) is 9.47 Å². The van der Waals surface area contributed by atoms with E-state index >= 15 is 0 Å². The second-order valence-corrected chi connectivity index (χ2v) is 14.3. The van der Waals surface area contributed by atoms with Gasteiger partial charge in [0.2, 0.25) is 0 Å². The first-order chi connectivity index (χ1) is 22.1. The van der Waals surface area contributed by atoms with Crippen LogP contribution in [0.5, 0.6) is 0 Å². The molecule has 0 spiro atoms. The Morgan fingerprint density at radius 3 is 1.09 bits per heavy atom. The van der Waals surface area contributed by atoms with E-state index in [-0.39, 0.29) is 24.6 Å². The Morgan fingerprint density at radius 1 is 0.435 bits per heavy atom. The van der Waals surface area contributed by atoms with E-state index in [1.165, 1.54) is 141 Å². The van der Waals surface area contributed by atoms with Gasteiger partial charge in [-0.05, 0) is 77.0 Å². The number of ether oxygens (including phenoxy) is 2. The minimum Gasteiger partial charge on any atom is -1.00 e. The zero-order chi connectivity index (χ0) is 32.5. The van der Waals surface area contributed by atoms with Crippen molar-refractivity contribution >= 4 is 0 Å². The van der Waals surface area contributed by atoms with Crippen LogP contribution < -0.4 is 12.4 Å². The van der Waals surface area contributed by atoms with Crippen LogP contribution in [0, 0.1) is 0 Å². The van der Waals surface area contributed by atoms with Crippen molar-refractivity contribution in [2.75, 3.05) is 40.4 Å². The van der Waals surface area contributed by atoms with Crippen molar-refractivity contribution in [1.82, 2.24) is 0 Å². The first-order valence-corrected chi connectivity index (χ1v) is 19.7. The minimum atomic E-state index is 0. The Kier molecular flexibility index (Phi) is 33.4. The molecule has 4 heteroatoms. The van der Waals surface area contributed by atoms with Gasteiger partial charge in [-0.1, -0.05) is 140 Å². The van der Waals surface area contributed by atoms with Gasteiger partial charge in [0.25, 0.3) is 0 Å². The summed E-state index contributed by atoms with van der Waals surface area (Å²) in [5, 5.41) is 0. The number of allylic oxidation sites excluding steroid dienone is 8. The number of likely N-dealkylation sites (N-methyl/N-ethyl adjacent to an activating group) is 1. The lowest BCUT2D eigenvalue weighted by Gasteiger charge is -2.22. The summed E-state index contributed by atoms with van der Waals surface area (Å²) in [5.41, 5.74) is 0. The summed E-state index contributed by atoms with van der Waals surface area (Å²) >= 11 is 0. The highest BCUT2D eigenvalue weighted by atomic mass is 35.5. The van der Waals surface area contributed by atoms with Crippen LogP contribution in [0.25, 0.3) is 0 Å². The Balaban J connectivity index is 0.0000202. The van der Waals surface area contributed by atoms with Crippen LogP contribution in [0.2, 0.25) is 0 Å². The molecule has 0 saturated carbocycles. The molecule has 0 amide bonds. The van der Waals surface area contributed by atoms with E-state index in [0.29, 0.717) is 0 Å². The van der Waals surface area contributed by atoms with E-state index in [1.54, 1.807) is 0 Å². The third-order valence-electron chi connectivity index (χ3n) is 9.12. The SMILES string of the molecule is CCCCC/C=C\C/C=C\CCCCCCCCO[C@H]1C[N+](C)(C)C[C@@H]1OCCCCCCCC/C=C\C/C=C\CCCCC.[Cl-]. The maximum atomic E-state index is 6.39. The highest BCUT2D eigenvalue weighted by Crippen LogP contribution is 2.22. The molecule has 1 rings (SSSR count). The number of rotatable bonds is 32. The molecule has 1 fully saturated rings. The number of unbranched alkanes of at least 4 members (excludes halogenated alkanes) is 18. The zero-order valence-corrected chi connectivity index (χ0v) is 32.0. The van der Waals surface area contributed by atoms with Crippen LogP contribution in [0.1, 0.15) is 168 Å². The fourth-order valence-corrected chi connectivity index (χ4v) is 6.25. The highest BCUT2D eigenvalue weighted by molar-refractivity contribution is 4.93. The largest absolute Gasteiger partial charge is 1.00 e. The molecule has 0 aromatic heterocycles. The van der Waals surface area contributed by atoms with Crippen molar-refractivity contribution in [2.24, 2.45) is 0 Å². The molecule has 0 aromatic carbocycles. The topological polar surface area (TPSA) is 18.5 Å². The van der Waals surface area contributed by atoms with Crippen molar-refractivity contribution in [3.8, 4) is 0 Å². The van der Waals surface area contributed by atoms with Gasteiger partial charge in [-0.2, -0.15) is 0 Å². The van der Waals surface area contributed by atoms with E-state index in [4.69, 9.17) is 9.47 Å². The van der Waals surface area contributed by atoms with Gasteiger partial charge in [0.15, 0.2) is 0 Å². The normalized spacial score (nSPS) is 18.2. The maximum Gasteiger partial charge on any atom is 0.138 e. The van der Waals surface area contributed by atoms with Gasteiger partial charge in [-0.3, -0.25) is 0 Å².